The molecular weight excluding hydrogens is 381 g/mol. The summed E-state index contributed by atoms with van der Waals surface area (Å²) in [6.45, 7) is 5.38. The summed E-state index contributed by atoms with van der Waals surface area (Å²) >= 11 is 0. The average Bonchev–Trinajstić information content (AvgIpc) is 2.76. The maximum atomic E-state index is 15.8. The zero-order valence-electron chi connectivity index (χ0n) is 17.3. The first kappa shape index (κ1) is 20.8. The Morgan fingerprint density at radius 3 is 2.60 bits per heavy atom. The highest BCUT2D eigenvalue weighted by Crippen LogP contribution is 2.38. The van der Waals surface area contributed by atoms with Gasteiger partial charge in [0.1, 0.15) is 5.82 Å². The van der Waals surface area contributed by atoms with Gasteiger partial charge in [-0.3, -0.25) is 0 Å². The van der Waals surface area contributed by atoms with Crippen LogP contribution >= 0.6 is 0 Å². The number of benzene rings is 2. The minimum Gasteiger partial charge on any atom is -0.390 e. The van der Waals surface area contributed by atoms with Gasteiger partial charge >= 0.3 is 0 Å². The molecule has 6 heteroatoms. The Labute approximate surface area is 177 Å². The highest BCUT2D eigenvalue weighted by Gasteiger charge is 2.30. The van der Waals surface area contributed by atoms with E-state index in [4.69, 9.17) is 10.00 Å². The molecule has 1 atom stereocenters. The lowest BCUT2D eigenvalue weighted by Crippen LogP contribution is -2.42. The van der Waals surface area contributed by atoms with Crippen molar-refractivity contribution in [3.8, 4) is 17.2 Å². The summed E-state index contributed by atoms with van der Waals surface area (Å²) in [5, 5.41) is 22.7. The summed E-state index contributed by atoms with van der Waals surface area (Å²) in [6, 6.07) is 13.0. The van der Waals surface area contributed by atoms with Crippen molar-refractivity contribution in [1.29, 1.82) is 5.26 Å². The number of nitrogens with zero attached hydrogens (tertiary/aromatic N) is 2. The summed E-state index contributed by atoms with van der Waals surface area (Å²) in [4.78, 5) is 2.15. The third kappa shape index (κ3) is 4.49. The van der Waals surface area contributed by atoms with E-state index >= 15 is 4.39 Å². The number of ether oxygens (including phenoxy) is 1. The zero-order valence-corrected chi connectivity index (χ0v) is 17.3. The highest BCUT2D eigenvalue weighted by atomic mass is 19.1. The van der Waals surface area contributed by atoms with E-state index in [0.29, 0.717) is 62.2 Å². The van der Waals surface area contributed by atoms with Gasteiger partial charge in [-0.1, -0.05) is 18.2 Å². The molecule has 2 N–H and O–H groups in total. The van der Waals surface area contributed by atoms with E-state index in [1.165, 1.54) is 0 Å². The lowest BCUT2D eigenvalue weighted by molar-refractivity contribution is 0.0287. The second-order valence-electron chi connectivity index (χ2n) is 8.51. The van der Waals surface area contributed by atoms with Crippen molar-refractivity contribution in [2.45, 2.75) is 37.9 Å². The summed E-state index contributed by atoms with van der Waals surface area (Å²) in [5.41, 5.74) is 2.66. The molecule has 0 bridgehead atoms. The predicted molar refractivity (Wildman–Crippen MR) is 115 cm³/mol. The number of halogens is 1. The van der Waals surface area contributed by atoms with Gasteiger partial charge in [0, 0.05) is 43.9 Å². The van der Waals surface area contributed by atoms with Gasteiger partial charge in [0.05, 0.1) is 29.9 Å². The molecule has 2 saturated heterocycles. The number of hydrogen-bond donors (Lipinski definition) is 2. The van der Waals surface area contributed by atoms with Gasteiger partial charge in [0.25, 0.3) is 0 Å². The van der Waals surface area contributed by atoms with Crippen LogP contribution in [0.15, 0.2) is 36.4 Å². The van der Waals surface area contributed by atoms with Crippen molar-refractivity contribution in [3.05, 3.63) is 53.3 Å². The standard InChI is InChI=1S/C24H28FN3O2/c1-24(29)8-11-28(12-9-24)21-7-6-19(14-20-16-27-10-13-30-20)23(25)22(21)18-4-2-17(15-26)3-5-18/h2-7,20,27,29H,8-14,16H2,1H3. The minimum absolute atomic E-state index is 0.0435. The third-order valence-corrected chi connectivity index (χ3v) is 6.14. The number of nitriles is 1. The molecule has 0 saturated carbocycles. The number of piperidine rings is 1. The monoisotopic (exact) mass is 409 g/mol. The number of anilines is 1. The number of hydrogen-bond acceptors (Lipinski definition) is 5. The summed E-state index contributed by atoms with van der Waals surface area (Å²) in [6.07, 6.45) is 1.75. The second-order valence-corrected chi connectivity index (χ2v) is 8.51. The maximum absolute atomic E-state index is 15.8. The van der Waals surface area contributed by atoms with Crippen LogP contribution in [0, 0.1) is 17.1 Å². The third-order valence-electron chi connectivity index (χ3n) is 6.14. The predicted octanol–water partition coefficient (Wildman–Crippen LogP) is 3.25. The second kappa shape index (κ2) is 8.73. The summed E-state index contributed by atoms with van der Waals surface area (Å²) < 4.78 is 21.6. The zero-order chi connectivity index (χ0) is 21.1. The Bertz CT molecular complexity index is 921. The highest BCUT2D eigenvalue weighted by molar-refractivity contribution is 5.80. The number of aliphatic hydroxyl groups is 1. The number of morpholine rings is 1. The van der Waals surface area contributed by atoms with Crippen LogP contribution in [0.25, 0.3) is 11.1 Å². The quantitative estimate of drug-likeness (QED) is 0.811. The fourth-order valence-corrected chi connectivity index (χ4v) is 4.24. The van der Waals surface area contributed by atoms with Crippen LogP contribution in [-0.2, 0) is 11.2 Å². The van der Waals surface area contributed by atoms with Crippen LogP contribution in [0.3, 0.4) is 0 Å². The molecule has 2 aromatic rings. The fraction of sp³-hybridized carbons (Fsp3) is 0.458. The largest absolute Gasteiger partial charge is 0.390 e. The Balaban J connectivity index is 1.71. The molecular formula is C24H28FN3O2. The van der Waals surface area contributed by atoms with E-state index in [-0.39, 0.29) is 11.9 Å². The molecule has 0 radical (unpaired) electrons. The van der Waals surface area contributed by atoms with Gasteiger partial charge < -0.3 is 20.1 Å². The molecule has 0 aliphatic carbocycles. The SMILES string of the molecule is CC1(O)CCN(c2ccc(CC3CNCCO3)c(F)c2-c2ccc(C#N)cc2)CC1. The smallest absolute Gasteiger partial charge is 0.136 e. The van der Waals surface area contributed by atoms with E-state index in [0.717, 1.165) is 17.8 Å². The molecule has 2 fully saturated rings. The molecule has 30 heavy (non-hydrogen) atoms. The van der Waals surface area contributed by atoms with E-state index in [9.17, 15) is 5.11 Å². The van der Waals surface area contributed by atoms with Gasteiger partial charge in [-0.15, -0.1) is 0 Å². The normalized spacial score (nSPS) is 21.3. The van der Waals surface area contributed by atoms with E-state index in [2.05, 4.69) is 16.3 Å². The molecule has 0 spiro atoms. The van der Waals surface area contributed by atoms with Crippen molar-refractivity contribution in [1.82, 2.24) is 5.32 Å². The Kier molecular flexibility index (Phi) is 6.05. The molecule has 5 nitrogen and oxygen atoms in total. The molecule has 0 aromatic heterocycles. The Morgan fingerprint density at radius 2 is 1.97 bits per heavy atom. The van der Waals surface area contributed by atoms with Crippen LogP contribution in [0.4, 0.5) is 10.1 Å². The maximum Gasteiger partial charge on any atom is 0.136 e. The van der Waals surface area contributed by atoms with Gasteiger partial charge in [-0.2, -0.15) is 5.26 Å². The van der Waals surface area contributed by atoms with Crippen LogP contribution in [0.2, 0.25) is 0 Å². The molecule has 2 aliphatic heterocycles. The summed E-state index contributed by atoms with van der Waals surface area (Å²) in [5.74, 6) is -0.233. The molecule has 2 aliphatic rings. The first-order chi connectivity index (χ1) is 14.5. The molecule has 2 heterocycles. The van der Waals surface area contributed by atoms with Gasteiger partial charge in [0.15, 0.2) is 0 Å². The van der Waals surface area contributed by atoms with E-state index in [1.54, 1.807) is 12.1 Å². The lowest BCUT2D eigenvalue weighted by atomic mass is 9.91. The Morgan fingerprint density at radius 1 is 1.23 bits per heavy atom. The van der Waals surface area contributed by atoms with Crippen molar-refractivity contribution in [3.63, 3.8) is 0 Å². The lowest BCUT2D eigenvalue weighted by Gasteiger charge is -2.38. The van der Waals surface area contributed by atoms with Crippen LogP contribution < -0.4 is 10.2 Å². The first-order valence-electron chi connectivity index (χ1n) is 10.6. The van der Waals surface area contributed by atoms with E-state index in [1.807, 2.05) is 31.2 Å². The van der Waals surface area contributed by atoms with Crippen molar-refractivity contribution in [2.75, 3.05) is 37.7 Å². The molecule has 2 aromatic carbocycles. The van der Waals surface area contributed by atoms with Crippen LogP contribution in [0.1, 0.15) is 30.9 Å². The number of nitrogens with one attached hydrogen (secondary N) is 1. The van der Waals surface area contributed by atoms with Crippen molar-refractivity contribution >= 4 is 5.69 Å². The van der Waals surface area contributed by atoms with Gasteiger partial charge in [-0.05, 0) is 49.1 Å². The van der Waals surface area contributed by atoms with Crippen molar-refractivity contribution < 1.29 is 14.2 Å². The topological polar surface area (TPSA) is 68.5 Å². The molecule has 0 amide bonds. The minimum atomic E-state index is -0.672. The van der Waals surface area contributed by atoms with Crippen molar-refractivity contribution in [2.24, 2.45) is 0 Å². The van der Waals surface area contributed by atoms with Gasteiger partial charge in [0.2, 0.25) is 0 Å². The Hall–Kier alpha value is -2.46. The first-order valence-corrected chi connectivity index (χ1v) is 10.6. The van der Waals surface area contributed by atoms with Gasteiger partial charge in [-0.25, -0.2) is 4.39 Å². The fourth-order valence-electron chi connectivity index (χ4n) is 4.24. The molecule has 1 unspecified atom stereocenters. The molecule has 158 valence electrons. The average molecular weight is 410 g/mol. The van der Waals surface area contributed by atoms with Crippen LogP contribution in [0.5, 0.6) is 0 Å². The van der Waals surface area contributed by atoms with Crippen LogP contribution in [-0.4, -0.2) is 49.6 Å². The summed E-state index contributed by atoms with van der Waals surface area (Å²) in [7, 11) is 0. The molecule has 4 rings (SSSR count). The van der Waals surface area contributed by atoms with E-state index < -0.39 is 5.60 Å². The number of rotatable bonds is 4.